The number of aromatic carboxylic acids is 1. The molecule has 0 radical (unpaired) electrons. The molecule has 6 heteroatoms. The Hall–Kier alpha value is -1.95. The molecule has 0 aromatic carbocycles. The maximum Gasteiger partial charge on any atom is 0.354 e. The molecule has 0 bridgehead atoms. The molecule has 1 amide bonds. The zero-order valence-electron chi connectivity index (χ0n) is 10.6. The van der Waals surface area contributed by atoms with Crippen LogP contribution in [0.1, 0.15) is 28.9 Å². The molecule has 0 aliphatic carbocycles. The van der Waals surface area contributed by atoms with Crippen LogP contribution in [-0.2, 0) is 11.3 Å². The van der Waals surface area contributed by atoms with Crippen LogP contribution in [-0.4, -0.2) is 35.1 Å². The number of pyridine rings is 1. The number of amides is 1. The van der Waals surface area contributed by atoms with Crippen molar-refractivity contribution in [3.8, 4) is 0 Å². The highest BCUT2D eigenvalue weighted by molar-refractivity contribution is 5.85. The summed E-state index contributed by atoms with van der Waals surface area (Å²) in [6.07, 6.45) is 3.41. The molecule has 6 nitrogen and oxygen atoms in total. The number of piperidine rings is 1. The van der Waals surface area contributed by atoms with E-state index in [0.29, 0.717) is 6.54 Å². The monoisotopic (exact) mass is 263 g/mol. The first-order valence-electron chi connectivity index (χ1n) is 6.33. The van der Waals surface area contributed by atoms with Gasteiger partial charge in [-0.1, -0.05) is 6.07 Å². The molecular weight excluding hydrogens is 246 g/mol. The van der Waals surface area contributed by atoms with Crippen LogP contribution in [0.3, 0.4) is 0 Å². The molecule has 0 spiro atoms. The van der Waals surface area contributed by atoms with Gasteiger partial charge in [-0.25, -0.2) is 9.78 Å². The minimum atomic E-state index is -1.05. The quantitative estimate of drug-likeness (QED) is 0.731. The molecule has 3 N–H and O–H groups in total. The van der Waals surface area contributed by atoms with Crippen LogP contribution in [0.4, 0.5) is 0 Å². The fraction of sp³-hybridized carbons (Fsp3) is 0.462. The van der Waals surface area contributed by atoms with Crippen LogP contribution in [0.25, 0.3) is 0 Å². The second-order valence-corrected chi connectivity index (χ2v) is 4.62. The summed E-state index contributed by atoms with van der Waals surface area (Å²) in [6, 6.07) is 3.10. The highest BCUT2D eigenvalue weighted by Crippen LogP contribution is 2.10. The smallest absolute Gasteiger partial charge is 0.354 e. The van der Waals surface area contributed by atoms with Crippen LogP contribution < -0.4 is 10.6 Å². The number of aromatic nitrogens is 1. The zero-order chi connectivity index (χ0) is 13.7. The minimum Gasteiger partial charge on any atom is -0.477 e. The fourth-order valence-corrected chi connectivity index (χ4v) is 2.06. The number of nitrogens with one attached hydrogen (secondary N) is 2. The summed E-state index contributed by atoms with van der Waals surface area (Å²) >= 11 is 0. The first-order chi connectivity index (χ1) is 9.16. The van der Waals surface area contributed by atoms with E-state index in [1.165, 1.54) is 12.3 Å². The van der Waals surface area contributed by atoms with Gasteiger partial charge in [0.2, 0.25) is 5.91 Å². The maximum atomic E-state index is 11.9. The van der Waals surface area contributed by atoms with E-state index in [-0.39, 0.29) is 17.5 Å². The van der Waals surface area contributed by atoms with E-state index in [9.17, 15) is 9.59 Å². The molecule has 1 aromatic heterocycles. The van der Waals surface area contributed by atoms with Crippen molar-refractivity contribution >= 4 is 11.9 Å². The van der Waals surface area contributed by atoms with Gasteiger partial charge in [0.25, 0.3) is 0 Å². The Kier molecular flexibility index (Phi) is 4.46. The highest BCUT2D eigenvalue weighted by atomic mass is 16.4. The highest BCUT2D eigenvalue weighted by Gasteiger charge is 2.20. The van der Waals surface area contributed by atoms with Gasteiger partial charge in [0, 0.05) is 19.3 Å². The zero-order valence-corrected chi connectivity index (χ0v) is 10.6. The third-order valence-corrected chi connectivity index (χ3v) is 3.18. The molecule has 0 saturated carbocycles. The SMILES string of the molecule is O=C(O)c1ccc(CNC(=O)C2CCCNC2)cn1. The lowest BCUT2D eigenvalue weighted by Gasteiger charge is -2.21. The van der Waals surface area contributed by atoms with E-state index in [4.69, 9.17) is 5.11 Å². The van der Waals surface area contributed by atoms with Crippen molar-refractivity contribution in [2.24, 2.45) is 5.92 Å². The summed E-state index contributed by atoms with van der Waals surface area (Å²) in [5.74, 6) is -0.988. The normalized spacial score (nSPS) is 18.8. The Morgan fingerprint density at radius 2 is 2.32 bits per heavy atom. The first-order valence-corrected chi connectivity index (χ1v) is 6.33. The summed E-state index contributed by atoms with van der Waals surface area (Å²) in [6.45, 7) is 2.08. The summed E-state index contributed by atoms with van der Waals surface area (Å²) in [7, 11) is 0. The Labute approximate surface area is 111 Å². The summed E-state index contributed by atoms with van der Waals surface area (Å²) in [5.41, 5.74) is 0.800. The molecule has 19 heavy (non-hydrogen) atoms. The average Bonchev–Trinajstić information content (AvgIpc) is 2.46. The Bertz CT molecular complexity index is 453. The van der Waals surface area contributed by atoms with Gasteiger partial charge in [-0.15, -0.1) is 0 Å². The van der Waals surface area contributed by atoms with Crippen LogP contribution in [0.2, 0.25) is 0 Å². The van der Waals surface area contributed by atoms with Gasteiger partial charge in [-0.2, -0.15) is 0 Å². The number of carboxylic acid groups (broad SMARTS) is 1. The van der Waals surface area contributed by atoms with Crippen LogP contribution in [0, 0.1) is 5.92 Å². The Balaban J connectivity index is 1.84. The lowest BCUT2D eigenvalue weighted by Crippen LogP contribution is -2.40. The second kappa shape index (κ2) is 6.29. The predicted octanol–water partition coefficient (Wildman–Crippen LogP) is 0.396. The molecule has 1 atom stereocenters. The predicted molar refractivity (Wildman–Crippen MR) is 68.6 cm³/mol. The van der Waals surface area contributed by atoms with Gasteiger partial charge in [0.05, 0.1) is 5.92 Å². The van der Waals surface area contributed by atoms with Crippen molar-refractivity contribution in [2.45, 2.75) is 19.4 Å². The molecule has 1 saturated heterocycles. The van der Waals surface area contributed by atoms with Gasteiger partial charge < -0.3 is 15.7 Å². The summed E-state index contributed by atoms with van der Waals surface area (Å²) in [4.78, 5) is 26.3. The number of nitrogens with zero attached hydrogens (tertiary/aromatic N) is 1. The van der Waals surface area contributed by atoms with Crippen molar-refractivity contribution in [2.75, 3.05) is 13.1 Å². The largest absolute Gasteiger partial charge is 0.477 e. The molecule has 2 heterocycles. The van der Waals surface area contributed by atoms with Crippen LogP contribution >= 0.6 is 0 Å². The third-order valence-electron chi connectivity index (χ3n) is 3.18. The number of rotatable bonds is 4. The van der Waals surface area contributed by atoms with E-state index in [2.05, 4.69) is 15.6 Å². The third kappa shape index (κ3) is 3.75. The standard InChI is InChI=1S/C13H17N3O3/c17-12(10-2-1-5-14-8-10)16-7-9-3-4-11(13(18)19)15-6-9/h3-4,6,10,14H,1-2,5,7-8H2,(H,16,17)(H,18,19). The average molecular weight is 263 g/mol. The van der Waals surface area contributed by atoms with Gasteiger partial charge in [0.1, 0.15) is 5.69 Å². The lowest BCUT2D eigenvalue weighted by molar-refractivity contribution is -0.125. The molecule has 1 unspecified atom stereocenters. The molecule has 1 aromatic rings. The van der Waals surface area contributed by atoms with E-state index < -0.39 is 5.97 Å². The summed E-state index contributed by atoms with van der Waals surface area (Å²) in [5, 5.41) is 14.8. The van der Waals surface area contributed by atoms with Crippen molar-refractivity contribution in [3.05, 3.63) is 29.6 Å². The molecule has 102 valence electrons. The number of hydrogen-bond acceptors (Lipinski definition) is 4. The molecule has 1 aliphatic rings. The van der Waals surface area contributed by atoms with Gasteiger partial charge in [0.15, 0.2) is 0 Å². The van der Waals surface area contributed by atoms with Crippen molar-refractivity contribution in [3.63, 3.8) is 0 Å². The van der Waals surface area contributed by atoms with E-state index in [1.807, 2.05) is 0 Å². The molecule has 1 aliphatic heterocycles. The van der Waals surface area contributed by atoms with E-state index in [1.54, 1.807) is 6.07 Å². The minimum absolute atomic E-state index is 0.00607. The number of hydrogen-bond donors (Lipinski definition) is 3. The first kappa shape index (κ1) is 13.5. The fourth-order valence-electron chi connectivity index (χ4n) is 2.06. The summed E-state index contributed by atoms with van der Waals surface area (Å²) < 4.78 is 0. The molecule has 1 fully saturated rings. The van der Waals surface area contributed by atoms with Gasteiger partial charge >= 0.3 is 5.97 Å². The number of carbonyl (C=O) groups is 2. The Morgan fingerprint density at radius 1 is 1.47 bits per heavy atom. The number of carboxylic acids is 1. The second-order valence-electron chi connectivity index (χ2n) is 4.62. The molecular formula is C13H17N3O3. The van der Waals surface area contributed by atoms with Crippen molar-refractivity contribution in [1.29, 1.82) is 0 Å². The Morgan fingerprint density at radius 3 is 2.89 bits per heavy atom. The van der Waals surface area contributed by atoms with Crippen LogP contribution in [0.15, 0.2) is 18.3 Å². The lowest BCUT2D eigenvalue weighted by atomic mass is 9.99. The maximum absolute atomic E-state index is 11.9. The van der Waals surface area contributed by atoms with Gasteiger partial charge in [-0.3, -0.25) is 4.79 Å². The van der Waals surface area contributed by atoms with Gasteiger partial charge in [-0.05, 0) is 31.0 Å². The number of carbonyl (C=O) groups excluding carboxylic acids is 1. The molecule has 2 rings (SSSR count). The van der Waals surface area contributed by atoms with Crippen LogP contribution in [0.5, 0.6) is 0 Å². The van der Waals surface area contributed by atoms with E-state index >= 15 is 0 Å². The van der Waals surface area contributed by atoms with Crippen molar-refractivity contribution < 1.29 is 14.7 Å². The van der Waals surface area contributed by atoms with E-state index in [0.717, 1.165) is 31.5 Å². The van der Waals surface area contributed by atoms with Crippen molar-refractivity contribution in [1.82, 2.24) is 15.6 Å². The topological polar surface area (TPSA) is 91.3 Å².